The SMILES string of the molecule is CC(=O)NCCN1Cc2nc(NCc3ccc(Cl)cc3F)ccc2C1=O. The number of anilines is 1. The molecule has 0 fully saturated rings. The molecule has 0 radical (unpaired) electrons. The second-order valence-corrected chi connectivity index (χ2v) is 6.43. The van der Waals surface area contributed by atoms with Crippen molar-refractivity contribution < 1.29 is 14.0 Å². The Bertz CT molecular complexity index is 859. The Hall–Kier alpha value is -2.67. The molecule has 0 saturated carbocycles. The molecule has 3 rings (SSSR count). The third-order valence-electron chi connectivity index (χ3n) is 4.06. The van der Waals surface area contributed by atoms with E-state index >= 15 is 0 Å². The number of benzene rings is 1. The molecule has 2 N–H and O–H groups in total. The van der Waals surface area contributed by atoms with E-state index in [0.717, 1.165) is 0 Å². The molecule has 1 aromatic carbocycles. The van der Waals surface area contributed by atoms with Crippen molar-refractivity contribution in [3.05, 3.63) is 58.0 Å². The minimum absolute atomic E-state index is 0.104. The maximum absolute atomic E-state index is 13.8. The predicted octanol–water partition coefficient (Wildman–Crippen LogP) is 2.58. The third kappa shape index (κ3) is 4.11. The van der Waals surface area contributed by atoms with E-state index in [9.17, 15) is 14.0 Å². The number of carbonyl (C=O) groups excluding carboxylic acids is 2. The van der Waals surface area contributed by atoms with Crippen molar-refractivity contribution in [2.24, 2.45) is 0 Å². The van der Waals surface area contributed by atoms with E-state index in [1.54, 1.807) is 29.2 Å². The van der Waals surface area contributed by atoms with Gasteiger partial charge in [0.15, 0.2) is 0 Å². The number of halogens is 2. The molecule has 1 aliphatic heterocycles. The highest BCUT2D eigenvalue weighted by molar-refractivity contribution is 6.30. The summed E-state index contributed by atoms with van der Waals surface area (Å²) in [6, 6.07) is 7.92. The maximum Gasteiger partial charge on any atom is 0.256 e. The molecule has 0 unspecified atom stereocenters. The summed E-state index contributed by atoms with van der Waals surface area (Å²) in [5, 5.41) is 6.07. The third-order valence-corrected chi connectivity index (χ3v) is 4.30. The Morgan fingerprint density at radius 2 is 2.15 bits per heavy atom. The van der Waals surface area contributed by atoms with Crippen molar-refractivity contribution in [3.8, 4) is 0 Å². The van der Waals surface area contributed by atoms with Crippen molar-refractivity contribution in [3.63, 3.8) is 0 Å². The van der Waals surface area contributed by atoms with Gasteiger partial charge >= 0.3 is 0 Å². The van der Waals surface area contributed by atoms with E-state index in [2.05, 4.69) is 15.6 Å². The highest BCUT2D eigenvalue weighted by Gasteiger charge is 2.28. The second kappa shape index (κ2) is 7.70. The first-order valence-corrected chi connectivity index (χ1v) is 8.53. The number of hydrogen-bond acceptors (Lipinski definition) is 4. The van der Waals surface area contributed by atoms with Gasteiger partial charge < -0.3 is 15.5 Å². The monoisotopic (exact) mass is 376 g/mol. The van der Waals surface area contributed by atoms with Gasteiger partial charge in [0.2, 0.25) is 5.91 Å². The largest absolute Gasteiger partial charge is 0.366 e. The zero-order chi connectivity index (χ0) is 18.7. The molecule has 1 aliphatic rings. The van der Waals surface area contributed by atoms with Crippen LogP contribution in [0.25, 0.3) is 0 Å². The van der Waals surface area contributed by atoms with Crippen LogP contribution in [-0.2, 0) is 17.9 Å². The summed E-state index contributed by atoms with van der Waals surface area (Å²) in [6.07, 6.45) is 0. The van der Waals surface area contributed by atoms with E-state index in [0.29, 0.717) is 47.3 Å². The van der Waals surface area contributed by atoms with Gasteiger partial charge in [-0.2, -0.15) is 0 Å². The highest BCUT2D eigenvalue weighted by Crippen LogP contribution is 2.23. The lowest BCUT2D eigenvalue weighted by Gasteiger charge is -2.14. The maximum atomic E-state index is 13.8. The number of hydrogen-bond donors (Lipinski definition) is 2. The lowest BCUT2D eigenvalue weighted by Crippen LogP contribution is -2.34. The molecule has 0 bridgehead atoms. The number of aromatic nitrogens is 1. The average Bonchev–Trinajstić information content (AvgIpc) is 2.89. The van der Waals surface area contributed by atoms with Crippen LogP contribution < -0.4 is 10.6 Å². The fourth-order valence-electron chi connectivity index (χ4n) is 2.74. The molecule has 2 amide bonds. The van der Waals surface area contributed by atoms with Crippen LogP contribution in [0.1, 0.15) is 28.5 Å². The number of carbonyl (C=O) groups is 2. The zero-order valence-corrected chi connectivity index (χ0v) is 14.9. The van der Waals surface area contributed by atoms with E-state index in [4.69, 9.17) is 11.6 Å². The highest BCUT2D eigenvalue weighted by atomic mass is 35.5. The number of nitrogens with one attached hydrogen (secondary N) is 2. The first-order chi connectivity index (χ1) is 12.4. The van der Waals surface area contributed by atoms with E-state index in [-0.39, 0.29) is 24.2 Å². The van der Waals surface area contributed by atoms with Crippen molar-refractivity contribution in [2.45, 2.75) is 20.0 Å². The molecule has 0 aliphatic carbocycles. The molecule has 2 heterocycles. The van der Waals surface area contributed by atoms with Gasteiger partial charge in [-0.3, -0.25) is 9.59 Å². The van der Waals surface area contributed by atoms with E-state index in [1.807, 2.05) is 0 Å². The summed E-state index contributed by atoms with van der Waals surface area (Å²) in [5.74, 6) is -0.0542. The molecule has 0 spiro atoms. The molecule has 26 heavy (non-hydrogen) atoms. The van der Waals surface area contributed by atoms with Crippen molar-refractivity contribution in [1.29, 1.82) is 0 Å². The van der Waals surface area contributed by atoms with Crippen LogP contribution >= 0.6 is 11.6 Å². The summed E-state index contributed by atoms with van der Waals surface area (Å²) < 4.78 is 13.8. The normalized spacial score (nSPS) is 12.9. The summed E-state index contributed by atoms with van der Waals surface area (Å²) in [4.78, 5) is 29.3. The van der Waals surface area contributed by atoms with Gasteiger partial charge in [-0.15, -0.1) is 0 Å². The van der Waals surface area contributed by atoms with Crippen LogP contribution in [0.3, 0.4) is 0 Å². The van der Waals surface area contributed by atoms with Crippen molar-refractivity contribution >= 4 is 29.2 Å². The Kier molecular flexibility index (Phi) is 5.37. The van der Waals surface area contributed by atoms with Crippen LogP contribution in [0.15, 0.2) is 30.3 Å². The Balaban J connectivity index is 1.63. The number of pyridine rings is 1. The Labute approximate surface area is 155 Å². The fourth-order valence-corrected chi connectivity index (χ4v) is 2.90. The van der Waals surface area contributed by atoms with Gasteiger partial charge in [0, 0.05) is 37.1 Å². The number of rotatable bonds is 6. The lowest BCUT2D eigenvalue weighted by atomic mass is 10.2. The molecule has 0 saturated heterocycles. The zero-order valence-electron chi connectivity index (χ0n) is 14.2. The molecule has 1 aromatic heterocycles. The van der Waals surface area contributed by atoms with E-state index in [1.165, 1.54) is 13.0 Å². The Morgan fingerprint density at radius 3 is 2.88 bits per heavy atom. The van der Waals surface area contributed by atoms with Gasteiger partial charge in [-0.25, -0.2) is 9.37 Å². The number of amides is 2. The first-order valence-electron chi connectivity index (χ1n) is 8.15. The molecule has 8 heteroatoms. The number of fused-ring (bicyclic) bond motifs is 1. The summed E-state index contributed by atoms with van der Waals surface area (Å²) in [5.41, 5.74) is 1.69. The van der Waals surface area contributed by atoms with E-state index < -0.39 is 0 Å². The number of nitrogens with zero attached hydrogens (tertiary/aromatic N) is 2. The Morgan fingerprint density at radius 1 is 1.35 bits per heavy atom. The molecule has 2 aromatic rings. The van der Waals surface area contributed by atoms with Gasteiger partial charge in [0.05, 0.1) is 17.8 Å². The minimum atomic E-state index is -0.384. The molecule has 0 atom stereocenters. The van der Waals surface area contributed by atoms with Crippen LogP contribution in [0.5, 0.6) is 0 Å². The molecular formula is C18H18ClFN4O2. The fraction of sp³-hybridized carbons (Fsp3) is 0.278. The van der Waals surface area contributed by atoms with Gasteiger partial charge in [-0.05, 0) is 24.3 Å². The summed E-state index contributed by atoms with van der Waals surface area (Å²) in [6.45, 7) is 2.90. The van der Waals surface area contributed by atoms with Crippen molar-refractivity contribution in [1.82, 2.24) is 15.2 Å². The second-order valence-electron chi connectivity index (χ2n) is 5.99. The van der Waals surface area contributed by atoms with Gasteiger partial charge in [0.1, 0.15) is 11.6 Å². The smallest absolute Gasteiger partial charge is 0.256 e. The van der Waals surface area contributed by atoms with Crippen LogP contribution in [-0.4, -0.2) is 34.8 Å². The van der Waals surface area contributed by atoms with Crippen LogP contribution in [0.4, 0.5) is 10.2 Å². The minimum Gasteiger partial charge on any atom is -0.366 e. The van der Waals surface area contributed by atoms with Crippen LogP contribution in [0, 0.1) is 5.82 Å². The first kappa shape index (κ1) is 18.1. The lowest BCUT2D eigenvalue weighted by molar-refractivity contribution is -0.119. The van der Waals surface area contributed by atoms with Crippen LogP contribution in [0.2, 0.25) is 5.02 Å². The average molecular weight is 377 g/mol. The molecule has 6 nitrogen and oxygen atoms in total. The van der Waals surface area contributed by atoms with Gasteiger partial charge in [-0.1, -0.05) is 17.7 Å². The predicted molar refractivity (Wildman–Crippen MR) is 96.4 cm³/mol. The van der Waals surface area contributed by atoms with Crippen molar-refractivity contribution in [2.75, 3.05) is 18.4 Å². The summed E-state index contributed by atoms with van der Waals surface area (Å²) >= 11 is 5.75. The standard InChI is InChI=1S/C18H18ClFN4O2/c1-11(25)21-6-7-24-10-16-14(18(24)26)4-5-17(23-16)22-9-12-2-3-13(19)8-15(12)20/h2-5,8H,6-7,9-10H2,1H3,(H,21,25)(H,22,23). The molecular weight excluding hydrogens is 359 g/mol. The topological polar surface area (TPSA) is 74.3 Å². The molecule has 136 valence electrons. The van der Waals surface area contributed by atoms with Gasteiger partial charge in [0.25, 0.3) is 5.91 Å². The summed E-state index contributed by atoms with van der Waals surface area (Å²) in [7, 11) is 0. The quantitative estimate of drug-likeness (QED) is 0.812.